The largest absolute Gasteiger partial charge is 0.385 e. The summed E-state index contributed by atoms with van der Waals surface area (Å²) in [5.74, 6) is -0.202. The molecule has 0 aromatic heterocycles. The number of halogens is 1. The van der Waals surface area contributed by atoms with E-state index in [9.17, 15) is 15.0 Å². The first-order valence-corrected chi connectivity index (χ1v) is 6.04. The van der Waals surface area contributed by atoms with E-state index in [2.05, 4.69) is 15.9 Å². The van der Waals surface area contributed by atoms with Gasteiger partial charge in [0.2, 0.25) is 0 Å². The van der Waals surface area contributed by atoms with E-state index in [0.717, 1.165) is 19.3 Å². The molecule has 4 heteroatoms. The van der Waals surface area contributed by atoms with Crippen molar-refractivity contribution in [3.63, 3.8) is 0 Å². The maximum absolute atomic E-state index is 11.4. The highest BCUT2D eigenvalue weighted by Crippen LogP contribution is 2.47. The lowest BCUT2D eigenvalue weighted by atomic mass is 9.62. The predicted molar refractivity (Wildman–Crippen MR) is 55.3 cm³/mol. The molecule has 0 saturated heterocycles. The highest BCUT2D eigenvalue weighted by molar-refractivity contribution is 9.09. The van der Waals surface area contributed by atoms with Gasteiger partial charge in [-0.1, -0.05) is 28.8 Å². The van der Waals surface area contributed by atoms with E-state index in [0.29, 0.717) is 19.3 Å². The molecule has 2 fully saturated rings. The first-order chi connectivity index (χ1) is 6.51. The number of aliphatic hydroxyl groups is 2. The Morgan fingerprint density at radius 3 is 2.43 bits per heavy atom. The second-order valence-electron chi connectivity index (χ2n) is 4.42. The second-order valence-corrected chi connectivity index (χ2v) is 5.53. The van der Waals surface area contributed by atoms with Crippen LogP contribution in [0.1, 0.15) is 38.5 Å². The van der Waals surface area contributed by atoms with Crippen LogP contribution in [0, 0.1) is 0 Å². The number of ketones is 1. The van der Waals surface area contributed by atoms with Gasteiger partial charge in [0, 0.05) is 11.2 Å². The normalized spacial score (nSPS) is 48.8. The fourth-order valence-electron chi connectivity index (χ4n) is 2.50. The van der Waals surface area contributed by atoms with Crippen LogP contribution in [0.25, 0.3) is 0 Å². The van der Waals surface area contributed by atoms with Gasteiger partial charge in [-0.05, 0) is 19.3 Å². The smallest absolute Gasteiger partial charge is 0.167 e. The Labute approximate surface area is 91.6 Å². The molecule has 0 spiro atoms. The van der Waals surface area contributed by atoms with Gasteiger partial charge in [-0.25, -0.2) is 0 Å². The Morgan fingerprint density at radius 2 is 2.00 bits per heavy atom. The van der Waals surface area contributed by atoms with Crippen molar-refractivity contribution in [3.05, 3.63) is 0 Å². The van der Waals surface area contributed by atoms with Gasteiger partial charge < -0.3 is 10.2 Å². The summed E-state index contributed by atoms with van der Waals surface area (Å²) >= 11 is 3.39. The summed E-state index contributed by atoms with van der Waals surface area (Å²) in [4.78, 5) is 11.2. The lowest BCUT2D eigenvalue weighted by molar-refractivity contribution is -0.199. The molecule has 0 radical (unpaired) electrons. The van der Waals surface area contributed by atoms with Crippen molar-refractivity contribution in [3.8, 4) is 0 Å². The highest BCUT2D eigenvalue weighted by atomic mass is 79.9. The number of carbonyl (C=O) groups excluding carboxylic acids is 1. The van der Waals surface area contributed by atoms with E-state index in [1.54, 1.807) is 0 Å². The van der Waals surface area contributed by atoms with Crippen molar-refractivity contribution < 1.29 is 15.0 Å². The Bertz CT molecular complexity index is 268. The number of rotatable bonds is 1. The van der Waals surface area contributed by atoms with Crippen molar-refractivity contribution in [2.45, 2.75) is 54.6 Å². The molecular weight excluding hydrogens is 248 g/mol. The zero-order valence-corrected chi connectivity index (χ0v) is 9.59. The van der Waals surface area contributed by atoms with E-state index in [1.807, 2.05) is 0 Å². The third-order valence-electron chi connectivity index (χ3n) is 3.68. The molecule has 14 heavy (non-hydrogen) atoms. The quantitative estimate of drug-likeness (QED) is 0.698. The van der Waals surface area contributed by atoms with Crippen molar-refractivity contribution in [1.29, 1.82) is 0 Å². The molecular formula is C10H15BrO3. The summed E-state index contributed by atoms with van der Waals surface area (Å²) in [6.45, 7) is 0. The van der Waals surface area contributed by atoms with Gasteiger partial charge in [0.05, 0.1) is 0 Å². The summed E-state index contributed by atoms with van der Waals surface area (Å²) < 4.78 is 0. The average molecular weight is 263 g/mol. The van der Waals surface area contributed by atoms with Crippen LogP contribution < -0.4 is 0 Å². The fraction of sp³-hybridized carbons (Fsp3) is 0.900. The molecule has 2 aliphatic rings. The topological polar surface area (TPSA) is 57.5 Å². The minimum Gasteiger partial charge on any atom is -0.385 e. The predicted octanol–water partition coefficient (Wildman–Crippen LogP) is 1.15. The molecule has 0 bridgehead atoms. The molecule has 0 aliphatic heterocycles. The third kappa shape index (κ3) is 1.20. The zero-order valence-electron chi connectivity index (χ0n) is 8.00. The Kier molecular flexibility index (Phi) is 2.48. The van der Waals surface area contributed by atoms with Crippen LogP contribution in [0.4, 0.5) is 0 Å². The molecule has 0 amide bonds. The maximum atomic E-state index is 11.4. The molecule has 0 heterocycles. The molecule has 3 atom stereocenters. The monoisotopic (exact) mass is 262 g/mol. The molecule has 2 rings (SSSR count). The average Bonchev–Trinajstić information content (AvgIpc) is 2.19. The third-order valence-corrected chi connectivity index (χ3v) is 4.89. The van der Waals surface area contributed by atoms with Crippen LogP contribution in [0.3, 0.4) is 0 Å². The van der Waals surface area contributed by atoms with E-state index >= 15 is 0 Å². The number of hydrogen-bond acceptors (Lipinski definition) is 3. The summed E-state index contributed by atoms with van der Waals surface area (Å²) in [7, 11) is 0. The Morgan fingerprint density at radius 1 is 1.29 bits per heavy atom. The first kappa shape index (κ1) is 10.6. The van der Waals surface area contributed by atoms with Crippen LogP contribution in [0.5, 0.6) is 0 Å². The highest BCUT2D eigenvalue weighted by Gasteiger charge is 2.62. The lowest BCUT2D eigenvalue weighted by Crippen LogP contribution is -2.69. The van der Waals surface area contributed by atoms with E-state index in [-0.39, 0.29) is 10.6 Å². The molecule has 2 aliphatic carbocycles. The molecule has 2 saturated carbocycles. The molecule has 0 aromatic rings. The van der Waals surface area contributed by atoms with Crippen molar-refractivity contribution in [2.24, 2.45) is 0 Å². The lowest BCUT2D eigenvalue weighted by Gasteiger charge is -2.51. The van der Waals surface area contributed by atoms with Crippen molar-refractivity contribution in [2.75, 3.05) is 0 Å². The van der Waals surface area contributed by atoms with Crippen LogP contribution in [0.2, 0.25) is 0 Å². The Balaban J connectivity index is 2.25. The van der Waals surface area contributed by atoms with E-state index in [1.165, 1.54) is 0 Å². The van der Waals surface area contributed by atoms with Gasteiger partial charge in [-0.2, -0.15) is 0 Å². The molecule has 3 nitrogen and oxygen atoms in total. The van der Waals surface area contributed by atoms with E-state index < -0.39 is 11.2 Å². The van der Waals surface area contributed by atoms with Gasteiger partial charge in [-0.15, -0.1) is 0 Å². The van der Waals surface area contributed by atoms with Crippen LogP contribution >= 0.6 is 15.9 Å². The summed E-state index contributed by atoms with van der Waals surface area (Å²) in [6, 6.07) is 0. The van der Waals surface area contributed by atoms with E-state index in [4.69, 9.17) is 0 Å². The Hall–Kier alpha value is 0.0700. The van der Waals surface area contributed by atoms with Crippen LogP contribution in [-0.4, -0.2) is 32.0 Å². The first-order valence-electron chi connectivity index (χ1n) is 5.13. The standard InChI is InChI=1S/C10H15BrO3/c11-7-3-1-2-5-9(7,13)10(14)6-4-8(10)12/h7,13-14H,1-6H2. The molecule has 2 N–H and O–H groups in total. The van der Waals surface area contributed by atoms with Crippen molar-refractivity contribution in [1.82, 2.24) is 0 Å². The van der Waals surface area contributed by atoms with Gasteiger partial charge in [0.1, 0.15) is 5.60 Å². The van der Waals surface area contributed by atoms with Gasteiger partial charge in [-0.3, -0.25) is 4.79 Å². The van der Waals surface area contributed by atoms with Crippen molar-refractivity contribution >= 4 is 21.7 Å². The molecule has 80 valence electrons. The van der Waals surface area contributed by atoms with Gasteiger partial charge in [0.25, 0.3) is 0 Å². The van der Waals surface area contributed by atoms with Crippen LogP contribution in [0.15, 0.2) is 0 Å². The zero-order chi connectivity index (χ0) is 10.4. The number of carbonyl (C=O) groups is 1. The molecule has 3 unspecified atom stereocenters. The van der Waals surface area contributed by atoms with Gasteiger partial charge >= 0.3 is 0 Å². The SMILES string of the molecule is O=C1CCC1(O)C1(O)CCCCC1Br. The summed E-state index contributed by atoms with van der Waals surface area (Å²) in [5.41, 5.74) is -2.71. The number of alkyl halides is 1. The maximum Gasteiger partial charge on any atom is 0.167 e. The fourth-order valence-corrected chi connectivity index (χ4v) is 3.43. The molecule has 0 aromatic carbocycles. The number of Topliss-reactive ketones (excluding diaryl/α,β-unsaturated/α-hetero) is 1. The number of hydrogen-bond donors (Lipinski definition) is 2. The van der Waals surface area contributed by atoms with Gasteiger partial charge in [0.15, 0.2) is 11.4 Å². The van der Waals surface area contributed by atoms with Crippen LogP contribution in [-0.2, 0) is 4.79 Å². The summed E-state index contributed by atoms with van der Waals surface area (Å²) in [5, 5.41) is 20.5. The minimum atomic E-state index is -1.47. The second kappa shape index (κ2) is 3.29. The summed E-state index contributed by atoms with van der Waals surface area (Å²) in [6.07, 6.45) is 4.08. The minimum absolute atomic E-state index is 0.155.